The van der Waals surface area contributed by atoms with E-state index in [0.717, 1.165) is 18.4 Å². The van der Waals surface area contributed by atoms with Crippen molar-refractivity contribution >= 4 is 35.1 Å². The Morgan fingerprint density at radius 3 is 2.50 bits per heavy atom. The molecule has 5 nitrogen and oxygen atoms in total. The number of anilines is 1. The van der Waals surface area contributed by atoms with Crippen molar-refractivity contribution in [2.45, 2.75) is 25.7 Å². The van der Waals surface area contributed by atoms with Gasteiger partial charge in [-0.25, -0.2) is 14.8 Å². The Kier molecular flexibility index (Phi) is 5.21. The van der Waals surface area contributed by atoms with E-state index < -0.39 is 0 Å². The summed E-state index contributed by atoms with van der Waals surface area (Å²) in [5.41, 5.74) is 0.993. The number of aryl methyl sites for hydroxylation is 1. The minimum Gasteiger partial charge on any atom is -0.324 e. The van der Waals surface area contributed by atoms with E-state index in [4.69, 9.17) is 23.2 Å². The van der Waals surface area contributed by atoms with Gasteiger partial charge in [0.15, 0.2) is 0 Å². The first kappa shape index (κ1) is 17.0. The average molecular weight is 365 g/mol. The Morgan fingerprint density at radius 2 is 1.88 bits per heavy atom. The van der Waals surface area contributed by atoms with E-state index in [1.54, 1.807) is 24.1 Å². The van der Waals surface area contributed by atoms with Crippen molar-refractivity contribution in [3.8, 4) is 0 Å². The van der Waals surface area contributed by atoms with Gasteiger partial charge in [-0.2, -0.15) is 0 Å². The van der Waals surface area contributed by atoms with E-state index in [0.29, 0.717) is 34.8 Å². The fourth-order valence-corrected chi connectivity index (χ4v) is 3.69. The number of likely N-dealkylation sites (tertiary alicyclic amines) is 1. The predicted molar refractivity (Wildman–Crippen MR) is 95.8 cm³/mol. The summed E-state index contributed by atoms with van der Waals surface area (Å²) in [6.45, 7) is 3.10. The third kappa shape index (κ3) is 3.79. The second kappa shape index (κ2) is 7.36. The molecule has 0 bridgehead atoms. The number of halogens is 2. The number of benzene rings is 1. The van der Waals surface area contributed by atoms with Gasteiger partial charge in [-0.15, -0.1) is 0 Å². The fourth-order valence-electron chi connectivity index (χ4n) is 2.99. The standard InChI is InChI=1S/C17H18Cl2N4O/c1-11-20-8-5-15(21-11)22-17(24)23-9-6-12(7-10-23)16-13(18)3-2-4-14(16)19/h2-5,8,12H,6-7,9-10H2,1H3,(H,20,21,22,24). The summed E-state index contributed by atoms with van der Waals surface area (Å²) in [6.07, 6.45) is 3.29. The second-order valence-corrected chi connectivity index (χ2v) is 6.63. The number of amides is 2. The van der Waals surface area contributed by atoms with Crippen LogP contribution >= 0.6 is 23.2 Å². The highest BCUT2D eigenvalue weighted by atomic mass is 35.5. The zero-order valence-corrected chi connectivity index (χ0v) is 14.8. The highest BCUT2D eigenvalue weighted by molar-refractivity contribution is 6.36. The Balaban J connectivity index is 1.61. The van der Waals surface area contributed by atoms with Gasteiger partial charge >= 0.3 is 6.03 Å². The van der Waals surface area contributed by atoms with Gasteiger partial charge in [0, 0.05) is 29.3 Å². The second-order valence-electron chi connectivity index (χ2n) is 5.82. The fraction of sp³-hybridized carbons (Fsp3) is 0.353. The van der Waals surface area contributed by atoms with Gasteiger partial charge in [0.25, 0.3) is 0 Å². The van der Waals surface area contributed by atoms with Crippen LogP contribution < -0.4 is 5.32 Å². The Hall–Kier alpha value is -1.85. The van der Waals surface area contributed by atoms with Crippen LogP contribution in [-0.2, 0) is 0 Å². The van der Waals surface area contributed by atoms with E-state index in [-0.39, 0.29) is 11.9 Å². The molecule has 2 amide bonds. The van der Waals surface area contributed by atoms with Gasteiger partial charge in [0.05, 0.1) is 0 Å². The largest absolute Gasteiger partial charge is 0.324 e. The van der Waals surface area contributed by atoms with Crippen molar-refractivity contribution in [3.63, 3.8) is 0 Å². The van der Waals surface area contributed by atoms with E-state index >= 15 is 0 Å². The molecule has 7 heteroatoms. The SMILES string of the molecule is Cc1nccc(NC(=O)N2CCC(c3c(Cl)cccc3Cl)CC2)n1. The van der Waals surface area contributed by atoms with Gasteiger partial charge in [0.1, 0.15) is 11.6 Å². The van der Waals surface area contributed by atoms with Gasteiger partial charge in [-0.05, 0) is 49.4 Å². The lowest BCUT2D eigenvalue weighted by molar-refractivity contribution is 0.194. The van der Waals surface area contributed by atoms with Crippen molar-refractivity contribution < 1.29 is 4.79 Å². The van der Waals surface area contributed by atoms with Crippen LogP contribution in [0.4, 0.5) is 10.6 Å². The van der Waals surface area contributed by atoms with Gasteiger partial charge in [-0.1, -0.05) is 29.3 Å². The first-order chi connectivity index (χ1) is 11.5. The van der Waals surface area contributed by atoms with Crippen molar-refractivity contribution in [2.75, 3.05) is 18.4 Å². The lowest BCUT2D eigenvalue weighted by Gasteiger charge is -2.32. The summed E-state index contributed by atoms with van der Waals surface area (Å²) in [5, 5.41) is 4.21. The number of nitrogens with zero attached hydrogens (tertiary/aromatic N) is 3. The lowest BCUT2D eigenvalue weighted by atomic mass is 9.89. The normalized spacial score (nSPS) is 15.4. The molecule has 1 aliphatic heterocycles. The molecule has 0 aliphatic carbocycles. The molecule has 1 aromatic carbocycles. The quantitative estimate of drug-likeness (QED) is 0.852. The highest BCUT2D eigenvalue weighted by Gasteiger charge is 2.26. The van der Waals surface area contributed by atoms with Gasteiger partial charge in [-0.3, -0.25) is 5.32 Å². The lowest BCUT2D eigenvalue weighted by Crippen LogP contribution is -2.40. The first-order valence-corrected chi connectivity index (χ1v) is 8.59. The monoisotopic (exact) mass is 364 g/mol. The smallest absolute Gasteiger partial charge is 0.323 e. The van der Waals surface area contributed by atoms with Crippen molar-refractivity contribution in [3.05, 3.63) is 51.9 Å². The third-order valence-corrected chi connectivity index (χ3v) is 4.86. The maximum Gasteiger partial charge on any atom is 0.323 e. The summed E-state index contributed by atoms with van der Waals surface area (Å²) in [4.78, 5) is 22.4. The highest BCUT2D eigenvalue weighted by Crippen LogP contribution is 2.37. The topological polar surface area (TPSA) is 58.1 Å². The molecule has 24 heavy (non-hydrogen) atoms. The molecule has 3 rings (SSSR count). The number of aromatic nitrogens is 2. The van der Waals surface area contributed by atoms with Crippen LogP contribution in [0.2, 0.25) is 10.0 Å². The number of carbonyl (C=O) groups excluding carboxylic acids is 1. The van der Waals surface area contributed by atoms with Crippen molar-refractivity contribution in [2.24, 2.45) is 0 Å². The minimum absolute atomic E-state index is 0.142. The molecule has 1 aliphatic rings. The number of urea groups is 1. The van der Waals surface area contributed by atoms with Crippen LogP contribution in [-0.4, -0.2) is 34.0 Å². The molecular weight excluding hydrogens is 347 g/mol. The molecule has 1 saturated heterocycles. The third-order valence-electron chi connectivity index (χ3n) is 4.20. The molecule has 2 aromatic rings. The van der Waals surface area contributed by atoms with E-state index in [1.807, 2.05) is 18.2 Å². The number of carbonyl (C=O) groups is 1. The number of hydrogen-bond donors (Lipinski definition) is 1. The summed E-state index contributed by atoms with van der Waals surface area (Å²) >= 11 is 12.6. The minimum atomic E-state index is -0.142. The van der Waals surface area contributed by atoms with E-state index in [9.17, 15) is 4.79 Å². The Labute approximate surface area is 151 Å². The number of hydrogen-bond acceptors (Lipinski definition) is 3. The zero-order chi connectivity index (χ0) is 17.1. The molecule has 0 atom stereocenters. The average Bonchev–Trinajstić information content (AvgIpc) is 2.55. The molecule has 1 fully saturated rings. The molecule has 1 N–H and O–H groups in total. The Bertz CT molecular complexity index is 725. The maximum absolute atomic E-state index is 12.4. The summed E-state index contributed by atoms with van der Waals surface area (Å²) < 4.78 is 0. The number of rotatable bonds is 2. The van der Waals surface area contributed by atoms with Crippen LogP contribution in [0.3, 0.4) is 0 Å². The molecule has 2 heterocycles. The van der Waals surface area contributed by atoms with Crippen molar-refractivity contribution in [1.29, 1.82) is 0 Å². The maximum atomic E-state index is 12.4. The summed E-state index contributed by atoms with van der Waals surface area (Å²) in [6, 6.07) is 7.11. The van der Waals surface area contributed by atoms with Crippen LogP contribution in [0.1, 0.15) is 30.1 Å². The van der Waals surface area contributed by atoms with Crippen LogP contribution in [0, 0.1) is 6.92 Å². The molecule has 0 saturated carbocycles. The predicted octanol–water partition coefficient (Wildman–Crippen LogP) is 4.50. The Morgan fingerprint density at radius 1 is 1.21 bits per heavy atom. The molecule has 1 aromatic heterocycles. The molecule has 0 unspecified atom stereocenters. The van der Waals surface area contributed by atoms with E-state index in [2.05, 4.69) is 15.3 Å². The van der Waals surface area contributed by atoms with Gasteiger partial charge in [0.2, 0.25) is 0 Å². The molecule has 0 spiro atoms. The van der Waals surface area contributed by atoms with Crippen LogP contribution in [0.5, 0.6) is 0 Å². The molecular formula is C17H18Cl2N4O. The number of nitrogens with one attached hydrogen (secondary N) is 1. The zero-order valence-electron chi connectivity index (χ0n) is 13.3. The molecule has 126 valence electrons. The van der Waals surface area contributed by atoms with Gasteiger partial charge < -0.3 is 4.90 Å². The van der Waals surface area contributed by atoms with Crippen LogP contribution in [0.15, 0.2) is 30.5 Å². The number of piperidine rings is 1. The van der Waals surface area contributed by atoms with Crippen molar-refractivity contribution in [1.82, 2.24) is 14.9 Å². The summed E-state index contributed by atoms with van der Waals surface area (Å²) in [7, 11) is 0. The molecule has 0 radical (unpaired) electrons. The summed E-state index contributed by atoms with van der Waals surface area (Å²) in [5.74, 6) is 1.42. The van der Waals surface area contributed by atoms with E-state index in [1.165, 1.54) is 0 Å². The van der Waals surface area contributed by atoms with Crippen LogP contribution in [0.25, 0.3) is 0 Å². The first-order valence-electron chi connectivity index (χ1n) is 7.84.